The van der Waals surface area contributed by atoms with E-state index in [-0.39, 0.29) is 11.6 Å². The van der Waals surface area contributed by atoms with Crippen LogP contribution < -0.4 is 16.2 Å². The Balaban J connectivity index is 2.06. The maximum atomic E-state index is 12.1. The highest BCUT2D eigenvalue weighted by Gasteiger charge is 2.23. The van der Waals surface area contributed by atoms with Crippen molar-refractivity contribution in [2.24, 2.45) is 12.8 Å². The highest BCUT2D eigenvalue weighted by molar-refractivity contribution is 5.55. The smallest absolute Gasteiger partial charge is 0.255 e. The zero-order valence-electron chi connectivity index (χ0n) is 11.4. The molecule has 0 aromatic carbocycles. The predicted octanol–water partition coefficient (Wildman–Crippen LogP) is 0.380. The van der Waals surface area contributed by atoms with Gasteiger partial charge in [0.15, 0.2) is 0 Å². The molecule has 1 aliphatic heterocycles. The molecule has 0 spiro atoms. The van der Waals surface area contributed by atoms with E-state index in [1.165, 1.54) is 6.07 Å². The molecule has 1 saturated heterocycles. The lowest BCUT2D eigenvalue weighted by molar-refractivity contribution is 0.736. The Morgan fingerprint density at radius 1 is 1.35 bits per heavy atom. The summed E-state index contributed by atoms with van der Waals surface area (Å²) in [5.41, 5.74) is 7.15. The SMILES string of the molecule is Cn1c(N2CC[C@@H](N)C2)nc(-c2ccccn2)cc1=O. The van der Waals surface area contributed by atoms with Crippen molar-refractivity contribution in [3.05, 3.63) is 40.8 Å². The molecule has 0 unspecified atom stereocenters. The molecule has 0 amide bonds. The normalized spacial score (nSPS) is 18.5. The summed E-state index contributed by atoms with van der Waals surface area (Å²) in [7, 11) is 1.73. The topological polar surface area (TPSA) is 77.0 Å². The van der Waals surface area contributed by atoms with Gasteiger partial charge in [-0.2, -0.15) is 0 Å². The molecule has 3 rings (SSSR count). The molecule has 2 aromatic heterocycles. The quantitative estimate of drug-likeness (QED) is 0.854. The summed E-state index contributed by atoms with van der Waals surface area (Å²) in [6, 6.07) is 7.23. The molecule has 1 atom stereocenters. The van der Waals surface area contributed by atoms with Crippen LogP contribution in [0.5, 0.6) is 0 Å². The van der Waals surface area contributed by atoms with Gasteiger partial charge in [0, 0.05) is 38.4 Å². The van der Waals surface area contributed by atoms with Gasteiger partial charge >= 0.3 is 0 Å². The predicted molar refractivity (Wildman–Crippen MR) is 77.5 cm³/mol. The molecule has 104 valence electrons. The van der Waals surface area contributed by atoms with E-state index in [9.17, 15) is 4.79 Å². The summed E-state index contributed by atoms with van der Waals surface area (Å²) in [5.74, 6) is 0.658. The van der Waals surface area contributed by atoms with E-state index in [0.29, 0.717) is 17.3 Å². The minimum absolute atomic E-state index is 0.0869. The van der Waals surface area contributed by atoms with Gasteiger partial charge < -0.3 is 10.6 Å². The van der Waals surface area contributed by atoms with E-state index >= 15 is 0 Å². The fraction of sp³-hybridized carbons (Fsp3) is 0.357. The highest BCUT2D eigenvalue weighted by Crippen LogP contribution is 2.19. The highest BCUT2D eigenvalue weighted by atomic mass is 16.1. The number of rotatable bonds is 2. The van der Waals surface area contributed by atoms with Crippen LogP contribution in [0.4, 0.5) is 5.95 Å². The number of pyridine rings is 1. The van der Waals surface area contributed by atoms with E-state index in [1.54, 1.807) is 17.8 Å². The van der Waals surface area contributed by atoms with E-state index in [4.69, 9.17) is 5.73 Å². The first-order valence-corrected chi connectivity index (χ1v) is 6.65. The number of hydrogen-bond donors (Lipinski definition) is 1. The van der Waals surface area contributed by atoms with Crippen LogP contribution in [0.15, 0.2) is 35.3 Å². The Bertz CT molecular complexity index is 667. The lowest BCUT2D eigenvalue weighted by atomic mass is 10.2. The number of anilines is 1. The van der Waals surface area contributed by atoms with Crippen molar-refractivity contribution in [2.45, 2.75) is 12.5 Å². The largest absolute Gasteiger partial charge is 0.341 e. The zero-order valence-corrected chi connectivity index (χ0v) is 11.4. The molecule has 20 heavy (non-hydrogen) atoms. The standard InChI is InChI=1S/C14H17N5O/c1-18-13(20)8-12(11-4-2-3-6-16-11)17-14(18)19-7-5-10(15)9-19/h2-4,6,8,10H,5,7,9,15H2,1H3/t10-/m1/s1. The van der Waals surface area contributed by atoms with E-state index in [0.717, 1.165) is 19.5 Å². The van der Waals surface area contributed by atoms with Gasteiger partial charge in [0.1, 0.15) is 0 Å². The maximum Gasteiger partial charge on any atom is 0.255 e. The van der Waals surface area contributed by atoms with Gasteiger partial charge in [0.05, 0.1) is 11.4 Å². The van der Waals surface area contributed by atoms with Crippen molar-refractivity contribution in [2.75, 3.05) is 18.0 Å². The Labute approximate surface area is 116 Å². The Hall–Kier alpha value is -2.21. The summed E-state index contributed by atoms with van der Waals surface area (Å²) in [4.78, 5) is 23.0. The van der Waals surface area contributed by atoms with Crippen LogP contribution in [0.3, 0.4) is 0 Å². The van der Waals surface area contributed by atoms with Crippen LogP contribution in [-0.4, -0.2) is 33.7 Å². The van der Waals surface area contributed by atoms with Gasteiger partial charge in [-0.05, 0) is 18.6 Å². The maximum absolute atomic E-state index is 12.1. The average Bonchev–Trinajstić information content (AvgIpc) is 2.89. The summed E-state index contributed by atoms with van der Waals surface area (Å²) in [6.07, 6.45) is 2.61. The average molecular weight is 271 g/mol. The minimum atomic E-state index is -0.0869. The molecule has 2 N–H and O–H groups in total. The van der Waals surface area contributed by atoms with Crippen molar-refractivity contribution in [3.8, 4) is 11.4 Å². The Morgan fingerprint density at radius 2 is 2.20 bits per heavy atom. The summed E-state index contributed by atoms with van der Waals surface area (Å²) in [5, 5.41) is 0. The van der Waals surface area contributed by atoms with E-state index < -0.39 is 0 Å². The van der Waals surface area contributed by atoms with Crippen LogP contribution >= 0.6 is 0 Å². The minimum Gasteiger partial charge on any atom is -0.341 e. The summed E-state index contributed by atoms with van der Waals surface area (Å²) < 4.78 is 1.56. The van der Waals surface area contributed by atoms with Crippen LogP contribution in [0.1, 0.15) is 6.42 Å². The summed E-state index contributed by atoms with van der Waals surface area (Å²) in [6.45, 7) is 1.55. The third-order valence-corrected chi connectivity index (χ3v) is 3.55. The Morgan fingerprint density at radius 3 is 2.85 bits per heavy atom. The first-order chi connectivity index (χ1) is 9.65. The van der Waals surface area contributed by atoms with Crippen LogP contribution in [0.2, 0.25) is 0 Å². The third-order valence-electron chi connectivity index (χ3n) is 3.55. The number of nitrogens with two attached hydrogens (primary N) is 1. The van der Waals surface area contributed by atoms with Crippen LogP contribution in [0, 0.1) is 0 Å². The fourth-order valence-corrected chi connectivity index (χ4v) is 2.42. The molecule has 3 heterocycles. The van der Waals surface area contributed by atoms with Gasteiger partial charge in [-0.3, -0.25) is 14.3 Å². The van der Waals surface area contributed by atoms with Crippen molar-refractivity contribution in [1.82, 2.24) is 14.5 Å². The van der Waals surface area contributed by atoms with Gasteiger partial charge in [-0.1, -0.05) is 6.07 Å². The first-order valence-electron chi connectivity index (χ1n) is 6.65. The van der Waals surface area contributed by atoms with Gasteiger partial charge in [0.25, 0.3) is 5.56 Å². The first kappa shape index (κ1) is 12.8. The van der Waals surface area contributed by atoms with Crippen LogP contribution in [-0.2, 0) is 7.05 Å². The molecule has 6 heteroatoms. The van der Waals surface area contributed by atoms with E-state index in [2.05, 4.69) is 14.9 Å². The van der Waals surface area contributed by atoms with Gasteiger partial charge in [0.2, 0.25) is 5.95 Å². The number of hydrogen-bond acceptors (Lipinski definition) is 5. The number of aromatic nitrogens is 3. The van der Waals surface area contributed by atoms with E-state index in [1.807, 2.05) is 18.2 Å². The molecule has 0 bridgehead atoms. The second-order valence-electron chi connectivity index (χ2n) is 5.05. The second-order valence-corrected chi connectivity index (χ2v) is 5.05. The molecule has 2 aromatic rings. The summed E-state index contributed by atoms with van der Waals surface area (Å²) >= 11 is 0. The zero-order chi connectivity index (χ0) is 14.1. The van der Waals surface area contributed by atoms with Crippen molar-refractivity contribution in [1.29, 1.82) is 0 Å². The van der Waals surface area contributed by atoms with Crippen molar-refractivity contribution in [3.63, 3.8) is 0 Å². The molecule has 6 nitrogen and oxygen atoms in total. The molecule has 1 fully saturated rings. The molecular weight excluding hydrogens is 254 g/mol. The molecule has 0 radical (unpaired) electrons. The van der Waals surface area contributed by atoms with Gasteiger partial charge in [-0.25, -0.2) is 4.98 Å². The van der Waals surface area contributed by atoms with Crippen molar-refractivity contribution >= 4 is 5.95 Å². The third kappa shape index (κ3) is 2.30. The van der Waals surface area contributed by atoms with Crippen LogP contribution in [0.25, 0.3) is 11.4 Å². The van der Waals surface area contributed by atoms with Gasteiger partial charge in [-0.15, -0.1) is 0 Å². The second kappa shape index (κ2) is 5.05. The molecule has 0 saturated carbocycles. The fourth-order valence-electron chi connectivity index (χ4n) is 2.42. The lowest BCUT2D eigenvalue weighted by Gasteiger charge is -2.20. The lowest BCUT2D eigenvalue weighted by Crippen LogP contribution is -2.32. The Kier molecular flexibility index (Phi) is 3.23. The molecule has 0 aliphatic carbocycles. The molecular formula is C14H17N5O. The monoisotopic (exact) mass is 271 g/mol. The number of nitrogens with zero attached hydrogens (tertiary/aromatic N) is 4. The molecule has 1 aliphatic rings. The van der Waals surface area contributed by atoms with Crippen molar-refractivity contribution < 1.29 is 0 Å².